The van der Waals surface area contributed by atoms with Crippen LogP contribution in [-0.2, 0) is 12.4 Å². The van der Waals surface area contributed by atoms with E-state index >= 15 is 0 Å². The first-order chi connectivity index (χ1) is 9.29. The van der Waals surface area contributed by atoms with Crippen LogP contribution in [0.3, 0.4) is 0 Å². The molecule has 0 atom stereocenters. The van der Waals surface area contributed by atoms with Crippen LogP contribution < -0.4 is 0 Å². The summed E-state index contributed by atoms with van der Waals surface area (Å²) in [5.74, 6) is 0.790. The maximum absolute atomic E-state index is 13.7. The van der Waals surface area contributed by atoms with E-state index in [0.717, 1.165) is 37.5 Å². The van der Waals surface area contributed by atoms with Gasteiger partial charge in [0.1, 0.15) is 11.3 Å². The van der Waals surface area contributed by atoms with Gasteiger partial charge in [-0.25, -0.2) is 9.37 Å². The highest BCUT2D eigenvalue weighted by Gasteiger charge is 2.15. The lowest BCUT2D eigenvalue weighted by Gasteiger charge is -2.16. The second kappa shape index (κ2) is 5.47. The van der Waals surface area contributed by atoms with Gasteiger partial charge in [0.15, 0.2) is 5.82 Å². The van der Waals surface area contributed by atoms with Crippen LogP contribution in [0.5, 0.6) is 0 Å². The number of rotatable bonds is 4. The quantitative estimate of drug-likeness (QED) is 0.804. The third kappa shape index (κ3) is 2.47. The maximum atomic E-state index is 13.7. The van der Waals surface area contributed by atoms with Gasteiger partial charge in [0, 0.05) is 13.1 Å². The zero-order valence-electron chi connectivity index (χ0n) is 10.8. The summed E-state index contributed by atoms with van der Waals surface area (Å²) in [4.78, 5) is 6.75. The SMILES string of the molecule is Fc1cccc2c1nc(CCl)n2CCN1CCCC1. The van der Waals surface area contributed by atoms with E-state index in [2.05, 4.69) is 9.88 Å². The first kappa shape index (κ1) is 12.9. The molecule has 2 aromatic rings. The van der Waals surface area contributed by atoms with Crippen LogP contribution in [0.1, 0.15) is 18.7 Å². The molecule has 1 fully saturated rings. The molecule has 0 N–H and O–H groups in total. The fourth-order valence-corrected chi connectivity index (χ4v) is 2.96. The van der Waals surface area contributed by atoms with Crippen LogP contribution in [0.2, 0.25) is 0 Å². The molecular formula is C14H17ClFN3. The zero-order valence-corrected chi connectivity index (χ0v) is 11.5. The number of halogens is 2. The molecule has 1 aromatic carbocycles. The van der Waals surface area contributed by atoms with Crippen LogP contribution >= 0.6 is 11.6 Å². The van der Waals surface area contributed by atoms with Crippen LogP contribution in [-0.4, -0.2) is 34.1 Å². The summed E-state index contributed by atoms with van der Waals surface area (Å²) >= 11 is 5.93. The lowest BCUT2D eigenvalue weighted by atomic mass is 10.3. The van der Waals surface area contributed by atoms with E-state index in [9.17, 15) is 4.39 Å². The van der Waals surface area contributed by atoms with Crippen molar-refractivity contribution in [2.24, 2.45) is 0 Å². The molecule has 0 unspecified atom stereocenters. The number of nitrogens with zero attached hydrogens (tertiary/aromatic N) is 3. The van der Waals surface area contributed by atoms with Gasteiger partial charge in [0.05, 0.1) is 11.4 Å². The third-order valence-electron chi connectivity index (χ3n) is 3.77. The minimum Gasteiger partial charge on any atom is -0.326 e. The summed E-state index contributed by atoms with van der Waals surface area (Å²) in [6.07, 6.45) is 2.56. The van der Waals surface area contributed by atoms with Crippen molar-refractivity contribution in [3.8, 4) is 0 Å². The number of hydrogen-bond donors (Lipinski definition) is 0. The third-order valence-corrected chi connectivity index (χ3v) is 4.01. The van der Waals surface area contributed by atoms with Crippen LogP contribution in [0.25, 0.3) is 11.0 Å². The molecule has 0 radical (unpaired) electrons. The van der Waals surface area contributed by atoms with Crippen molar-refractivity contribution in [2.45, 2.75) is 25.3 Å². The second-order valence-corrected chi connectivity index (χ2v) is 5.24. The molecule has 1 saturated heterocycles. The Morgan fingerprint density at radius 3 is 2.74 bits per heavy atom. The predicted octanol–water partition coefficient (Wildman–Crippen LogP) is 3.01. The lowest BCUT2D eigenvalue weighted by Crippen LogP contribution is -2.24. The highest BCUT2D eigenvalue weighted by Crippen LogP contribution is 2.20. The lowest BCUT2D eigenvalue weighted by molar-refractivity contribution is 0.323. The molecule has 19 heavy (non-hydrogen) atoms. The van der Waals surface area contributed by atoms with Crippen LogP contribution in [0.4, 0.5) is 4.39 Å². The van der Waals surface area contributed by atoms with Gasteiger partial charge in [-0.1, -0.05) is 6.07 Å². The van der Waals surface area contributed by atoms with Gasteiger partial charge in [-0.3, -0.25) is 0 Å². The molecule has 2 heterocycles. The van der Waals surface area contributed by atoms with Gasteiger partial charge in [-0.2, -0.15) is 0 Å². The Labute approximate surface area is 117 Å². The molecular weight excluding hydrogens is 265 g/mol. The Balaban J connectivity index is 1.89. The largest absolute Gasteiger partial charge is 0.326 e. The molecule has 1 aliphatic heterocycles. The maximum Gasteiger partial charge on any atom is 0.151 e. The summed E-state index contributed by atoms with van der Waals surface area (Å²) in [6.45, 7) is 4.13. The minimum absolute atomic E-state index is 0.274. The van der Waals surface area contributed by atoms with E-state index in [1.54, 1.807) is 6.07 Å². The number of alkyl halides is 1. The molecule has 1 aromatic heterocycles. The molecule has 0 spiro atoms. The molecule has 5 heteroatoms. The number of hydrogen-bond acceptors (Lipinski definition) is 2. The van der Waals surface area contributed by atoms with E-state index in [4.69, 9.17) is 11.6 Å². The molecule has 0 bridgehead atoms. The Hall–Kier alpha value is -1.13. The number of fused-ring (bicyclic) bond motifs is 1. The molecule has 102 valence electrons. The van der Waals surface area contributed by atoms with Crippen molar-refractivity contribution in [1.29, 1.82) is 0 Å². The van der Waals surface area contributed by atoms with E-state index in [1.807, 2.05) is 10.6 Å². The molecule has 3 nitrogen and oxygen atoms in total. The Morgan fingerprint density at radius 2 is 2.00 bits per heavy atom. The van der Waals surface area contributed by atoms with Crippen LogP contribution in [0.15, 0.2) is 18.2 Å². The number of benzene rings is 1. The summed E-state index contributed by atoms with van der Waals surface area (Å²) in [5.41, 5.74) is 1.27. The van der Waals surface area contributed by atoms with Crippen molar-refractivity contribution in [2.75, 3.05) is 19.6 Å². The minimum atomic E-state index is -0.274. The van der Waals surface area contributed by atoms with E-state index in [1.165, 1.54) is 18.9 Å². The summed E-state index contributed by atoms with van der Waals surface area (Å²) in [5, 5.41) is 0. The Kier molecular flexibility index (Phi) is 3.71. The smallest absolute Gasteiger partial charge is 0.151 e. The first-order valence-corrected chi connectivity index (χ1v) is 7.25. The van der Waals surface area contributed by atoms with E-state index < -0.39 is 0 Å². The van der Waals surface area contributed by atoms with Gasteiger partial charge in [0.25, 0.3) is 0 Å². The number of likely N-dealkylation sites (tertiary alicyclic amines) is 1. The van der Waals surface area contributed by atoms with Crippen molar-refractivity contribution in [3.05, 3.63) is 29.8 Å². The normalized spacial score (nSPS) is 16.5. The average Bonchev–Trinajstić information content (AvgIpc) is 3.03. The predicted molar refractivity (Wildman–Crippen MR) is 74.9 cm³/mol. The summed E-state index contributed by atoms with van der Waals surface area (Å²) < 4.78 is 15.8. The monoisotopic (exact) mass is 281 g/mol. The average molecular weight is 282 g/mol. The van der Waals surface area contributed by atoms with Gasteiger partial charge < -0.3 is 9.47 Å². The van der Waals surface area contributed by atoms with Crippen molar-refractivity contribution in [1.82, 2.24) is 14.5 Å². The van der Waals surface area contributed by atoms with Crippen LogP contribution in [0, 0.1) is 5.82 Å². The van der Waals surface area contributed by atoms with Gasteiger partial charge in [-0.15, -0.1) is 11.6 Å². The molecule has 1 aliphatic rings. The first-order valence-electron chi connectivity index (χ1n) is 6.71. The summed E-state index contributed by atoms with van der Waals surface area (Å²) in [6, 6.07) is 5.08. The topological polar surface area (TPSA) is 21.1 Å². The van der Waals surface area contributed by atoms with Crippen molar-refractivity contribution < 1.29 is 4.39 Å². The number of aromatic nitrogens is 2. The molecule has 0 saturated carbocycles. The highest BCUT2D eigenvalue weighted by molar-refractivity contribution is 6.16. The van der Waals surface area contributed by atoms with Gasteiger partial charge in [-0.05, 0) is 38.1 Å². The Bertz CT molecular complexity index is 575. The van der Waals surface area contributed by atoms with Crippen molar-refractivity contribution in [3.63, 3.8) is 0 Å². The van der Waals surface area contributed by atoms with E-state index in [0.29, 0.717) is 11.4 Å². The standard InChI is InChI=1S/C14H17ClFN3/c15-10-13-17-14-11(16)4-3-5-12(14)19(13)9-8-18-6-1-2-7-18/h3-5H,1-2,6-10H2. The van der Waals surface area contributed by atoms with E-state index in [-0.39, 0.29) is 5.82 Å². The molecule has 0 aliphatic carbocycles. The second-order valence-electron chi connectivity index (χ2n) is 4.97. The zero-order chi connectivity index (χ0) is 13.2. The molecule has 0 amide bonds. The highest BCUT2D eigenvalue weighted by atomic mass is 35.5. The van der Waals surface area contributed by atoms with Crippen molar-refractivity contribution >= 4 is 22.6 Å². The summed E-state index contributed by atoms with van der Waals surface area (Å²) in [7, 11) is 0. The number of para-hydroxylation sites is 1. The van der Waals surface area contributed by atoms with Gasteiger partial charge >= 0.3 is 0 Å². The van der Waals surface area contributed by atoms with Gasteiger partial charge in [0.2, 0.25) is 0 Å². The Morgan fingerprint density at radius 1 is 1.21 bits per heavy atom. The fraction of sp³-hybridized carbons (Fsp3) is 0.500. The number of imidazole rings is 1. The molecule has 3 rings (SSSR count). The fourth-order valence-electron chi connectivity index (χ4n) is 2.76.